The Kier molecular flexibility index (Phi) is 6.43. The Hall–Kier alpha value is -2.71. The number of rotatable bonds is 7. The molecule has 0 bridgehead atoms. The Balaban J connectivity index is 1.68. The van der Waals surface area contributed by atoms with Crippen LogP contribution < -0.4 is 14.8 Å². The van der Waals surface area contributed by atoms with Crippen molar-refractivity contribution in [2.75, 3.05) is 25.3 Å². The third-order valence-corrected chi connectivity index (χ3v) is 5.32. The van der Waals surface area contributed by atoms with Gasteiger partial charge in [-0.25, -0.2) is 0 Å². The summed E-state index contributed by atoms with van der Waals surface area (Å²) in [6.45, 7) is 1.94. The molecule has 0 fully saturated rings. The van der Waals surface area contributed by atoms with Gasteiger partial charge in [-0.15, -0.1) is 10.2 Å². The summed E-state index contributed by atoms with van der Waals surface area (Å²) in [6.07, 6.45) is 1.59. The first kappa shape index (κ1) is 20.0. The number of hydrogen-bond donors (Lipinski definition) is 1. The lowest BCUT2D eigenvalue weighted by atomic mass is 10.2. The number of aryl methyl sites for hydroxylation is 1. The summed E-state index contributed by atoms with van der Waals surface area (Å²) in [7, 11) is 3.11. The minimum absolute atomic E-state index is 0.160. The summed E-state index contributed by atoms with van der Waals surface area (Å²) in [4.78, 5) is 12.4. The highest BCUT2D eigenvalue weighted by molar-refractivity contribution is 7.99. The van der Waals surface area contributed by atoms with E-state index in [1.54, 1.807) is 36.2 Å². The van der Waals surface area contributed by atoms with Crippen LogP contribution in [0.5, 0.6) is 11.5 Å². The van der Waals surface area contributed by atoms with Gasteiger partial charge >= 0.3 is 0 Å². The van der Waals surface area contributed by atoms with E-state index >= 15 is 0 Å². The molecule has 1 heterocycles. The van der Waals surface area contributed by atoms with Crippen LogP contribution in [0.4, 0.5) is 5.69 Å². The molecule has 7 nitrogen and oxygen atoms in total. The first-order valence-corrected chi connectivity index (χ1v) is 9.69. The van der Waals surface area contributed by atoms with Gasteiger partial charge in [0.1, 0.15) is 17.8 Å². The van der Waals surface area contributed by atoms with Gasteiger partial charge in [-0.05, 0) is 36.8 Å². The molecule has 3 rings (SSSR count). The number of carbonyl (C=O) groups excluding carboxylic acids is 1. The summed E-state index contributed by atoms with van der Waals surface area (Å²) < 4.78 is 12.2. The van der Waals surface area contributed by atoms with E-state index in [-0.39, 0.29) is 11.7 Å². The molecule has 0 atom stereocenters. The number of hydrogen-bond acceptors (Lipinski definition) is 6. The number of ether oxygens (including phenoxy) is 2. The maximum Gasteiger partial charge on any atom is 0.234 e. The standard InChI is InChI=1S/C19H19ClN4O3S/c1-12-4-5-13(8-15(12)20)24-11-21-23-19(24)28-10-18(25)22-16-7-6-14(26-2)9-17(16)27-3/h4-9,11H,10H2,1-3H3,(H,22,25). The number of amides is 1. The fourth-order valence-corrected chi connectivity index (χ4v) is 3.35. The number of benzene rings is 2. The molecule has 146 valence electrons. The Morgan fingerprint density at radius 3 is 2.75 bits per heavy atom. The van der Waals surface area contributed by atoms with E-state index < -0.39 is 0 Å². The fraction of sp³-hybridized carbons (Fsp3) is 0.211. The van der Waals surface area contributed by atoms with E-state index in [4.69, 9.17) is 21.1 Å². The van der Waals surface area contributed by atoms with Crippen LogP contribution in [-0.4, -0.2) is 40.6 Å². The van der Waals surface area contributed by atoms with Gasteiger partial charge in [-0.2, -0.15) is 0 Å². The number of methoxy groups -OCH3 is 2. The highest BCUT2D eigenvalue weighted by Crippen LogP contribution is 2.29. The number of carbonyl (C=O) groups is 1. The normalized spacial score (nSPS) is 10.6. The van der Waals surface area contributed by atoms with Crippen LogP contribution in [-0.2, 0) is 4.79 Å². The topological polar surface area (TPSA) is 78.3 Å². The van der Waals surface area contributed by atoms with Crippen LogP contribution in [0.3, 0.4) is 0 Å². The Labute approximate surface area is 172 Å². The Morgan fingerprint density at radius 2 is 2.04 bits per heavy atom. The van der Waals surface area contributed by atoms with Crippen molar-refractivity contribution in [1.29, 1.82) is 0 Å². The molecule has 0 saturated carbocycles. The maximum atomic E-state index is 12.4. The van der Waals surface area contributed by atoms with E-state index in [1.165, 1.54) is 18.9 Å². The smallest absolute Gasteiger partial charge is 0.234 e. The zero-order valence-electron chi connectivity index (χ0n) is 15.6. The second kappa shape index (κ2) is 8.99. The number of nitrogens with one attached hydrogen (secondary N) is 1. The lowest BCUT2D eigenvalue weighted by Gasteiger charge is -2.11. The summed E-state index contributed by atoms with van der Waals surface area (Å²) in [6, 6.07) is 10.9. The third-order valence-electron chi connectivity index (χ3n) is 3.97. The molecule has 0 radical (unpaired) electrons. The first-order chi connectivity index (χ1) is 13.5. The lowest BCUT2D eigenvalue weighted by molar-refractivity contribution is -0.113. The van der Waals surface area contributed by atoms with Gasteiger partial charge in [0.25, 0.3) is 0 Å². The van der Waals surface area contributed by atoms with Crippen molar-refractivity contribution >= 4 is 35.0 Å². The monoisotopic (exact) mass is 418 g/mol. The lowest BCUT2D eigenvalue weighted by Crippen LogP contribution is -2.15. The Bertz CT molecular complexity index is 993. The molecule has 0 aliphatic rings. The average Bonchev–Trinajstić information content (AvgIpc) is 3.17. The molecule has 3 aromatic rings. The van der Waals surface area contributed by atoms with Crippen LogP contribution in [0, 0.1) is 6.92 Å². The van der Waals surface area contributed by atoms with Crippen molar-refractivity contribution in [3.63, 3.8) is 0 Å². The van der Waals surface area contributed by atoms with Crippen LogP contribution in [0.25, 0.3) is 5.69 Å². The summed E-state index contributed by atoms with van der Waals surface area (Å²) in [5.41, 5.74) is 2.39. The van der Waals surface area contributed by atoms with Crippen molar-refractivity contribution in [2.45, 2.75) is 12.1 Å². The first-order valence-electron chi connectivity index (χ1n) is 8.33. The number of aromatic nitrogens is 3. The summed E-state index contributed by atoms with van der Waals surface area (Å²) in [5, 5.41) is 12.1. The van der Waals surface area contributed by atoms with E-state index in [0.29, 0.717) is 27.4 Å². The maximum absolute atomic E-state index is 12.4. The van der Waals surface area contributed by atoms with Gasteiger partial charge in [0.15, 0.2) is 5.16 Å². The summed E-state index contributed by atoms with van der Waals surface area (Å²) in [5.74, 6) is 1.14. The van der Waals surface area contributed by atoms with Crippen molar-refractivity contribution in [2.24, 2.45) is 0 Å². The second-order valence-electron chi connectivity index (χ2n) is 5.82. The molecule has 2 aromatic carbocycles. The molecule has 1 N–H and O–H groups in total. The van der Waals surface area contributed by atoms with Crippen LogP contribution >= 0.6 is 23.4 Å². The minimum atomic E-state index is -0.190. The third kappa shape index (κ3) is 4.58. The largest absolute Gasteiger partial charge is 0.497 e. The van der Waals surface area contributed by atoms with Crippen LogP contribution in [0.15, 0.2) is 47.9 Å². The zero-order chi connectivity index (χ0) is 20.1. The quantitative estimate of drug-likeness (QED) is 0.585. The second-order valence-corrected chi connectivity index (χ2v) is 7.17. The summed E-state index contributed by atoms with van der Waals surface area (Å²) >= 11 is 7.48. The van der Waals surface area contributed by atoms with Crippen molar-refractivity contribution < 1.29 is 14.3 Å². The SMILES string of the molecule is COc1ccc(NC(=O)CSc2nncn2-c2ccc(C)c(Cl)c2)c(OC)c1. The fourth-order valence-electron chi connectivity index (χ4n) is 2.45. The molecule has 0 aliphatic carbocycles. The molecule has 28 heavy (non-hydrogen) atoms. The number of anilines is 1. The molecule has 1 aromatic heterocycles. The molecular weight excluding hydrogens is 400 g/mol. The van der Waals surface area contributed by atoms with Gasteiger partial charge < -0.3 is 14.8 Å². The highest BCUT2D eigenvalue weighted by Gasteiger charge is 2.13. The van der Waals surface area contributed by atoms with Crippen LogP contribution in [0.1, 0.15) is 5.56 Å². The molecule has 0 spiro atoms. The molecule has 0 aliphatic heterocycles. The van der Waals surface area contributed by atoms with E-state index in [2.05, 4.69) is 15.5 Å². The van der Waals surface area contributed by atoms with Crippen molar-refractivity contribution in [1.82, 2.24) is 14.8 Å². The molecule has 1 amide bonds. The van der Waals surface area contributed by atoms with Gasteiger partial charge in [0, 0.05) is 11.1 Å². The van der Waals surface area contributed by atoms with Gasteiger partial charge in [-0.1, -0.05) is 29.4 Å². The highest BCUT2D eigenvalue weighted by atomic mass is 35.5. The predicted molar refractivity (Wildman–Crippen MR) is 110 cm³/mol. The Morgan fingerprint density at radius 1 is 1.21 bits per heavy atom. The molecule has 0 unspecified atom stereocenters. The van der Waals surface area contributed by atoms with Gasteiger partial charge in [-0.3, -0.25) is 9.36 Å². The van der Waals surface area contributed by atoms with Crippen molar-refractivity contribution in [3.05, 3.63) is 53.3 Å². The minimum Gasteiger partial charge on any atom is -0.497 e. The van der Waals surface area contributed by atoms with Gasteiger partial charge in [0.05, 0.1) is 31.3 Å². The van der Waals surface area contributed by atoms with Crippen molar-refractivity contribution in [3.8, 4) is 17.2 Å². The van der Waals surface area contributed by atoms with E-state index in [0.717, 1.165) is 11.3 Å². The molecular formula is C19H19ClN4O3S. The number of nitrogens with zero attached hydrogens (tertiary/aromatic N) is 3. The molecule has 0 saturated heterocycles. The average molecular weight is 419 g/mol. The molecule has 9 heteroatoms. The van der Waals surface area contributed by atoms with Crippen LogP contribution in [0.2, 0.25) is 5.02 Å². The number of thioether (sulfide) groups is 1. The predicted octanol–water partition coefficient (Wildman–Crippen LogP) is 3.98. The van der Waals surface area contributed by atoms with E-state index in [9.17, 15) is 4.79 Å². The number of halogens is 1. The van der Waals surface area contributed by atoms with E-state index in [1.807, 2.05) is 25.1 Å². The van der Waals surface area contributed by atoms with Gasteiger partial charge in [0.2, 0.25) is 5.91 Å². The zero-order valence-corrected chi connectivity index (χ0v) is 17.2.